The summed E-state index contributed by atoms with van der Waals surface area (Å²) in [5, 5.41) is 5.87. The zero-order chi connectivity index (χ0) is 10.6. The Morgan fingerprint density at radius 3 is 2.93 bits per heavy atom. The third kappa shape index (κ3) is 2.48. The van der Waals surface area contributed by atoms with E-state index < -0.39 is 0 Å². The summed E-state index contributed by atoms with van der Waals surface area (Å²) in [6, 6.07) is 0. The van der Waals surface area contributed by atoms with Crippen molar-refractivity contribution in [1.82, 2.24) is 5.32 Å². The fraction of sp³-hybridized carbons (Fsp3) is 0.400. The lowest BCUT2D eigenvalue weighted by atomic mass is 10.2. The first kappa shape index (κ1) is 11.0. The maximum Gasteiger partial charge on any atom is 0.158 e. The molecule has 1 heterocycles. The van der Waals surface area contributed by atoms with Gasteiger partial charge in [-0.15, -0.1) is 0 Å². The number of thioether (sulfide) groups is 1. The van der Waals surface area contributed by atoms with Crippen LogP contribution in [0.2, 0.25) is 0 Å². The Morgan fingerprint density at radius 1 is 1.71 bits per heavy atom. The van der Waals surface area contributed by atoms with Gasteiger partial charge in [0, 0.05) is 14.2 Å². The summed E-state index contributed by atoms with van der Waals surface area (Å²) in [6.45, 7) is 8.55. The van der Waals surface area contributed by atoms with E-state index in [1.807, 2.05) is 0 Å². The highest BCUT2D eigenvalue weighted by atomic mass is 32.2. The number of nitrogens with one attached hydrogen (secondary N) is 1. The lowest BCUT2D eigenvalue weighted by Gasteiger charge is -2.17. The molecule has 0 amide bonds. The predicted octanol–water partition coefficient (Wildman–Crippen LogP) is 2.43. The van der Waals surface area contributed by atoms with Gasteiger partial charge in [0.2, 0.25) is 0 Å². The van der Waals surface area contributed by atoms with Crippen molar-refractivity contribution in [2.45, 2.75) is 13.8 Å². The number of nitrogens with zero attached hydrogens (tertiary/aromatic N) is 2. The van der Waals surface area contributed by atoms with Crippen molar-refractivity contribution in [3.8, 4) is 0 Å². The summed E-state index contributed by atoms with van der Waals surface area (Å²) in [4.78, 5) is 8.55. The van der Waals surface area contributed by atoms with E-state index in [9.17, 15) is 0 Å². The molecule has 0 aliphatic carbocycles. The van der Waals surface area contributed by atoms with Gasteiger partial charge in [0.1, 0.15) is 5.04 Å². The molecule has 1 rings (SSSR count). The topological polar surface area (TPSA) is 36.8 Å². The van der Waals surface area contributed by atoms with Crippen molar-refractivity contribution in [3.05, 3.63) is 23.3 Å². The average molecular weight is 211 g/mol. The van der Waals surface area contributed by atoms with Crippen LogP contribution >= 0.6 is 11.8 Å². The first-order valence-electron chi connectivity index (χ1n) is 4.41. The fourth-order valence-corrected chi connectivity index (χ4v) is 1.54. The van der Waals surface area contributed by atoms with Gasteiger partial charge in [-0.2, -0.15) is 0 Å². The molecule has 4 heteroatoms. The van der Waals surface area contributed by atoms with Crippen LogP contribution in [0.5, 0.6) is 0 Å². The second-order valence-electron chi connectivity index (χ2n) is 3.01. The minimum atomic E-state index is 0. The number of rotatable bonds is 2. The molecule has 0 aromatic heterocycles. The van der Waals surface area contributed by atoms with Crippen LogP contribution in [0, 0.1) is 0 Å². The third-order valence-corrected chi connectivity index (χ3v) is 2.79. The molecule has 0 unspecified atom stereocenters. The van der Waals surface area contributed by atoms with Crippen molar-refractivity contribution in [2.24, 2.45) is 9.98 Å². The average Bonchev–Trinajstić information content (AvgIpc) is 2.19. The van der Waals surface area contributed by atoms with E-state index in [-0.39, 0.29) is 1.43 Å². The second-order valence-corrected chi connectivity index (χ2v) is 3.96. The standard InChI is InChI=1S/C10H15N3S.H2/c1-5-14-10(11-4)9-12-6-7(2)8(3)13-9;/h5H,1,6H2,2-4H3,(H,12,13);1H. The minimum Gasteiger partial charge on any atom is -0.342 e. The van der Waals surface area contributed by atoms with Gasteiger partial charge in [-0.3, -0.25) is 9.98 Å². The monoisotopic (exact) mass is 211 g/mol. The van der Waals surface area contributed by atoms with Crippen molar-refractivity contribution in [3.63, 3.8) is 0 Å². The van der Waals surface area contributed by atoms with Crippen LogP contribution in [0.4, 0.5) is 0 Å². The van der Waals surface area contributed by atoms with Crippen LogP contribution in [-0.2, 0) is 0 Å². The largest absolute Gasteiger partial charge is 0.342 e. The Labute approximate surface area is 90.6 Å². The molecular weight excluding hydrogens is 194 g/mol. The first-order chi connectivity index (χ1) is 6.69. The maximum atomic E-state index is 4.40. The Morgan fingerprint density at radius 2 is 2.43 bits per heavy atom. The van der Waals surface area contributed by atoms with Crippen LogP contribution in [0.1, 0.15) is 15.3 Å². The summed E-state index contributed by atoms with van der Waals surface area (Å²) >= 11 is 1.48. The smallest absolute Gasteiger partial charge is 0.158 e. The van der Waals surface area contributed by atoms with Crippen LogP contribution in [0.15, 0.2) is 33.2 Å². The predicted molar refractivity (Wildman–Crippen MR) is 67.1 cm³/mol. The minimum absolute atomic E-state index is 0. The molecule has 0 aromatic carbocycles. The van der Waals surface area contributed by atoms with Gasteiger partial charge in [0.15, 0.2) is 5.84 Å². The van der Waals surface area contributed by atoms with Crippen molar-refractivity contribution in [1.29, 1.82) is 0 Å². The lowest BCUT2D eigenvalue weighted by molar-refractivity contribution is 0.961. The summed E-state index contributed by atoms with van der Waals surface area (Å²) < 4.78 is 0. The fourth-order valence-electron chi connectivity index (χ4n) is 1.05. The quantitative estimate of drug-likeness (QED) is 0.562. The number of allylic oxidation sites excluding steroid dienone is 1. The van der Waals surface area contributed by atoms with Gasteiger partial charge in [-0.1, -0.05) is 18.3 Å². The molecule has 0 saturated heterocycles. The Balaban J connectivity index is 0.00000196. The highest BCUT2D eigenvalue weighted by Gasteiger charge is 2.12. The normalized spacial score (nSPS) is 17.6. The first-order valence-corrected chi connectivity index (χ1v) is 5.29. The number of aliphatic imine (C=N–C) groups is 2. The highest BCUT2D eigenvalue weighted by Crippen LogP contribution is 2.11. The van der Waals surface area contributed by atoms with E-state index in [4.69, 9.17) is 0 Å². The zero-order valence-electron chi connectivity index (χ0n) is 8.79. The highest BCUT2D eigenvalue weighted by molar-refractivity contribution is 8.18. The van der Waals surface area contributed by atoms with Crippen molar-refractivity contribution in [2.75, 3.05) is 13.6 Å². The van der Waals surface area contributed by atoms with E-state index in [0.717, 1.165) is 17.4 Å². The van der Waals surface area contributed by atoms with E-state index >= 15 is 0 Å². The number of hydrogen-bond donors (Lipinski definition) is 1. The summed E-state index contributed by atoms with van der Waals surface area (Å²) in [5.74, 6) is 0.848. The lowest BCUT2D eigenvalue weighted by Crippen LogP contribution is -2.32. The molecule has 1 N–H and O–H groups in total. The Hall–Kier alpha value is -1.03. The molecule has 78 valence electrons. The molecule has 1 aliphatic heterocycles. The third-order valence-electron chi connectivity index (χ3n) is 2.02. The van der Waals surface area contributed by atoms with E-state index in [1.165, 1.54) is 23.0 Å². The molecule has 14 heavy (non-hydrogen) atoms. The van der Waals surface area contributed by atoms with E-state index in [0.29, 0.717) is 0 Å². The van der Waals surface area contributed by atoms with Gasteiger partial charge in [0.25, 0.3) is 0 Å². The van der Waals surface area contributed by atoms with Crippen LogP contribution < -0.4 is 5.32 Å². The molecule has 0 aromatic rings. The molecule has 0 atom stereocenters. The second kappa shape index (κ2) is 5.00. The van der Waals surface area contributed by atoms with Crippen molar-refractivity contribution >= 4 is 22.6 Å². The molecule has 0 saturated carbocycles. The van der Waals surface area contributed by atoms with Gasteiger partial charge >= 0.3 is 0 Å². The summed E-state index contributed by atoms with van der Waals surface area (Å²) in [5.41, 5.74) is 2.44. The van der Waals surface area contributed by atoms with Gasteiger partial charge < -0.3 is 5.32 Å². The number of hydrogen-bond acceptors (Lipinski definition) is 4. The number of amidine groups is 1. The Kier molecular flexibility index (Phi) is 3.95. The zero-order valence-corrected chi connectivity index (χ0v) is 9.61. The van der Waals surface area contributed by atoms with E-state index in [2.05, 4.69) is 35.7 Å². The summed E-state index contributed by atoms with van der Waals surface area (Å²) in [6.07, 6.45) is 0. The van der Waals surface area contributed by atoms with Crippen LogP contribution in [-0.4, -0.2) is 24.5 Å². The van der Waals surface area contributed by atoms with Crippen LogP contribution in [0.3, 0.4) is 0 Å². The SMILES string of the molecule is C=CSC(=NC)C1=NCC(C)=C(C)N1.[HH]. The van der Waals surface area contributed by atoms with E-state index in [1.54, 1.807) is 12.5 Å². The molecule has 3 nitrogen and oxygen atoms in total. The molecule has 0 bridgehead atoms. The Bertz CT molecular complexity index is 332. The molecule has 0 spiro atoms. The van der Waals surface area contributed by atoms with Gasteiger partial charge in [0.05, 0.1) is 6.54 Å². The maximum absolute atomic E-state index is 4.40. The van der Waals surface area contributed by atoms with Gasteiger partial charge in [-0.05, 0) is 24.8 Å². The molecule has 0 radical (unpaired) electrons. The summed E-state index contributed by atoms with van der Waals surface area (Å²) in [7, 11) is 1.76. The molecule has 0 fully saturated rings. The van der Waals surface area contributed by atoms with Gasteiger partial charge in [-0.25, -0.2) is 0 Å². The van der Waals surface area contributed by atoms with Crippen molar-refractivity contribution < 1.29 is 1.43 Å². The molecule has 1 aliphatic rings. The van der Waals surface area contributed by atoms with Crippen LogP contribution in [0.25, 0.3) is 0 Å². The molecular formula is C10H17N3S.